The van der Waals surface area contributed by atoms with Gasteiger partial charge in [0.05, 0.1) is 32.5 Å². The summed E-state index contributed by atoms with van der Waals surface area (Å²) in [6.45, 7) is 3.12. The van der Waals surface area contributed by atoms with Crippen LogP contribution in [0.15, 0.2) is 42.5 Å². The highest BCUT2D eigenvalue weighted by Gasteiger charge is 2.21. The molecule has 0 fully saturated rings. The van der Waals surface area contributed by atoms with Crippen molar-refractivity contribution in [2.24, 2.45) is 0 Å². The van der Waals surface area contributed by atoms with Crippen molar-refractivity contribution in [1.29, 1.82) is 0 Å². The lowest BCUT2D eigenvalue weighted by molar-refractivity contribution is -0.385. The number of hydrogen-bond donors (Lipinski definition) is 1. The molecule has 0 unspecified atom stereocenters. The third-order valence-corrected chi connectivity index (χ3v) is 4.14. The van der Waals surface area contributed by atoms with Gasteiger partial charge in [0.2, 0.25) is 0 Å². The maximum Gasteiger partial charge on any atom is 0.278 e. The lowest BCUT2D eigenvalue weighted by Gasteiger charge is -2.08. The predicted molar refractivity (Wildman–Crippen MR) is 98.5 cm³/mol. The van der Waals surface area contributed by atoms with Crippen LogP contribution in [0.3, 0.4) is 0 Å². The molecule has 1 amide bonds. The van der Waals surface area contributed by atoms with Crippen molar-refractivity contribution in [1.82, 2.24) is 15.0 Å². The van der Waals surface area contributed by atoms with Crippen LogP contribution in [-0.4, -0.2) is 30.7 Å². The number of hydrogen-bond acceptors (Lipinski definition) is 7. The van der Waals surface area contributed by atoms with E-state index in [9.17, 15) is 25.0 Å². The van der Waals surface area contributed by atoms with Crippen molar-refractivity contribution in [3.05, 3.63) is 79.6 Å². The monoisotopic (exact) mass is 382 g/mol. The third-order valence-electron chi connectivity index (χ3n) is 4.14. The summed E-state index contributed by atoms with van der Waals surface area (Å²) in [6, 6.07) is 10.1. The first-order chi connectivity index (χ1) is 13.3. The number of non-ortho nitro benzene ring substituents is 1. The molecule has 1 heterocycles. The highest BCUT2D eigenvalue weighted by Crippen LogP contribution is 2.26. The Morgan fingerprint density at radius 2 is 1.79 bits per heavy atom. The van der Waals surface area contributed by atoms with Gasteiger partial charge >= 0.3 is 0 Å². The molecule has 28 heavy (non-hydrogen) atoms. The number of nitrogens with one attached hydrogen (secondary N) is 1. The summed E-state index contributed by atoms with van der Waals surface area (Å²) in [5.41, 5.74) is 1.09. The number of amides is 1. The standard InChI is InChI=1S/C17H14N6O5/c1-10-14(7-4-8-15(10)23(27)28)18-17(24)16-11(2)21(20-19-16)12-5-3-6-13(9-12)22(25)26/h3-9H,1-2H3,(H,18,24). The molecule has 1 N–H and O–H groups in total. The SMILES string of the molecule is Cc1c(NC(=O)c2nnn(-c3cccc([N+](=O)[O-])c3)c2C)cccc1[N+](=O)[O-]. The third kappa shape index (κ3) is 3.40. The number of rotatable bonds is 5. The molecule has 1 aromatic heterocycles. The molecular weight excluding hydrogens is 368 g/mol. The van der Waals surface area contributed by atoms with E-state index >= 15 is 0 Å². The molecule has 11 heteroatoms. The highest BCUT2D eigenvalue weighted by atomic mass is 16.6. The van der Waals surface area contributed by atoms with E-state index in [4.69, 9.17) is 0 Å². The first kappa shape index (κ1) is 18.6. The summed E-state index contributed by atoms with van der Waals surface area (Å²) < 4.78 is 1.31. The van der Waals surface area contributed by atoms with Crippen LogP contribution < -0.4 is 5.32 Å². The zero-order valence-corrected chi connectivity index (χ0v) is 14.8. The molecule has 0 aliphatic rings. The maximum absolute atomic E-state index is 12.6. The van der Waals surface area contributed by atoms with Gasteiger partial charge in [0.25, 0.3) is 17.3 Å². The van der Waals surface area contributed by atoms with Gasteiger partial charge in [-0.15, -0.1) is 5.10 Å². The van der Waals surface area contributed by atoms with Crippen molar-refractivity contribution < 1.29 is 14.6 Å². The van der Waals surface area contributed by atoms with Crippen molar-refractivity contribution in [3.63, 3.8) is 0 Å². The molecule has 0 bridgehead atoms. The van der Waals surface area contributed by atoms with Crippen LogP contribution in [0.2, 0.25) is 0 Å². The molecule has 142 valence electrons. The Kier molecular flexibility index (Phi) is 4.81. The second-order valence-corrected chi connectivity index (χ2v) is 5.87. The quantitative estimate of drug-likeness (QED) is 0.527. The van der Waals surface area contributed by atoms with Gasteiger partial charge in [0.1, 0.15) is 0 Å². The van der Waals surface area contributed by atoms with Crippen molar-refractivity contribution in [3.8, 4) is 5.69 Å². The molecule has 11 nitrogen and oxygen atoms in total. The zero-order valence-electron chi connectivity index (χ0n) is 14.8. The summed E-state index contributed by atoms with van der Waals surface area (Å²) in [7, 11) is 0. The van der Waals surface area contributed by atoms with E-state index in [1.807, 2.05) is 0 Å². The molecule has 3 aromatic rings. The Labute approximate surface area is 157 Å². The smallest absolute Gasteiger partial charge is 0.278 e. The number of nitrogens with zero attached hydrogens (tertiary/aromatic N) is 5. The van der Waals surface area contributed by atoms with E-state index < -0.39 is 15.8 Å². The van der Waals surface area contributed by atoms with E-state index in [1.165, 1.54) is 41.9 Å². The van der Waals surface area contributed by atoms with Gasteiger partial charge in [0.15, 0.2) is 5.69 Å². The summed E-state index contributed by atoms with van der Waals surface area (Å²) in [4.78, 5) is 33.5. The van der Waals surface area contributed by atoms with Gasteiger partial charge in [-0.3, -0.25) is 25.0 Å². The van der Waals surface area contributed by atoms with Crippen molar-refractivity contribution >= 4 is 23.0 Å². The molecule has 0 radical (unpaired) electrons. The van der Waals surface area contributed by atoms with Crippen LogP contribution in [0.1, 0.15) is 21.7 Å². The highest BCUT2D eigenvalue weighted by molar-refractivity contribution is 6.04. The lowest BCUT2D eigenvalue weighted by Crippen LogP contribution is -2.15. The average molecular weight is 382 g/mol. The van der Waals surface area contributed by atoms with Gasteiger partial charge in [-0.1, -0.05) is 17.3 Å². The minimum atomic E-state index is -0.599. The van der Waals surface area contributed by atoms with Gasteiger partial charge in [-0.25, -0.2) is 4.68 Å². The Morgan fingerprint density at radius 3 is 2.46 bits per heavy atom. The summed E-state index contributed by atoms with van der Waals surface area (Å²) in [6.07, 6.45) is 0. The minimum absolute atomic E-state index is 0.00240. The van der Waals surface area contributed by atoms with Crippen molar-refractivity contribution in [2.75, 3.05) is 5.32 Å². The maximum atomic E-state index is 12.6. The molecule has 2 aromatic carbocycles. The first-order valence-corrected chi connectivity index (χ1v) is 8.02. The predicted octanol–water partition coefficient (Wildman–Crippen LogP) is 2.95. The number of nitro groups is 2. The molecule has 3 rings (SSSR count). The summed E-state index contributed by atoms with van der Waals surface area (Å²) in [5, 5.41) is 32.3. The van der Waals surface area contributed by atoms with Gasteiger partial charge < -0.3 is 5.32 Å². The van der Waals surface area contributed by atoms with Crippen LogP contribution in [-0.2, 0) is 0 Å². The number of aromatic nitrogens is 3. The van der Waals surface area contributed by atoms with Crippen molar-refractivity contribution in [2.45, 2.75) is 13.8 Å². The van der Waals surface area contributed by atoms with Crippen LogP contribution in [0, 0.1) is 34.1 Å². The normalized spacial score (nSPS) is 10.5. The molecular formula is C17H14N6O5. The second-order valence-electron chi connectivity index (χ2n) is 5.87. The molecule has 0 aliphatic carbocycles. The van der Waals surface area contributed by atoms with E-state index in [0.29, 0.717) is 16.9 Å². The van der Waals surface area contributed by atoms with Gasteiger partial charge in [-0.2, -0.15) is 0 Å². The number of anilines is 1. The van der Waals surface area contributed by atoms with Crippen LogP contribution in [0.25, 0.3) is 5.69 Å². The Morgan fingerprint density at radius 1 is 1.07 bits per heavy atom. The molecule has 0 saturated carbocycles. The number of nitro benzene ring substituents is 2. The Balaban J connectivity index is 1.91. The first-order valence-electron chi connectivity index (χ1n) is 8.02. The number of carbonyl (C=O) groups excluding carboxylic acids is 1. The van der Waals surface area contributed by atoms with E-state index in [0.717, 1.165) is 0 Å². The van der Waals surface area contributed by atoms with Crippen LogP contribution in [0.5, 0.6) is 0 Å². The molecule has 0 spiro atoms. The van der Waals surface area contributed by atoms with Crippen LogP contribution >= 0.6 is 0 Å². The molecule has 0 saturated heterocycles. The zero-order chi connectivity index (χ0) is 20.4. The largest absolute Gasteiger partial charge is 0.320 e. The Bertz CT molecular complexity index is 1110. The molecule has 0 atom stereocenters. The fourth-order valence-electron chi connectivity index (χ4n) is 2.66. The average Bonchev–Trinajstić information content (AvgIpc) is 3.04. The summed E-state index contributed by atoms with van der Waals surface area (Å²) in [5.74, 6) is -0.599. The van der Waals surface area contributed by atoms with E-state index in [1.54, 1.807) is 19.1 Å². The van der Waals surface area contributed by atoms with Crippen LogP contribution in [0.4, 0.5) is 17.1 Å². The summed E-state index contributed by atoms with van der Waals surface area (Å²) >= 11 is 0. The van der Waals surface area contributed by atoms with E-state index in [-0.39, 0.29) is 22.8 Å². The topological polar surface area (TPSA) is 146 Å². The fraction of sp³-hybridized carbons (Fsp3) is 0.118. The number of benzene rings is 2. The Hall–Kier alpha value is -4.15. The lowest BCUT2D eigenvalue weighted by atomic mass is 10.1. The van der Waals surface area contributed by atoms with Gasteiger partial charge in [0, 0.05) is 18.2 Å². The second kappa shape index (κ2) is 7.23. The minimum Gasteiger partial charge on any atom is -0.320 e. The van der Waals surface area contributed by atoms with E-state index in [2.05, 4.69) is 15.6 Å². The fourth-order valence-corrected chi connectivity index (χ4v) is 2.66. The number of carbonyl (C=O) groups is 1. The molecule has 0 aliphatic heterocycles. The van der Waals surface area contributed by atoms with Gasteiger partial charge in [-0.05, 0) is 26.0 Å².